The van der Waals surface area contributed by atoms with Crippen molar-refractivity contribution in [2.24, 2.45) is 0 Å². The average Bonchev–Trinajstić information content (AvgIpc) is 3.49. The number of nitrogens with one attached hydrogen (secondary N) is 1. The fraction of sp³-hybridized carbons (Fsp3) is 0.458. The number of rotatable bonds is 5. The summed E-state index contributed by atoms with van der Waals surface area (Å²) >= 11 is 1.69. The lowest BCUT2D eigenvalue weighted by molar-refractivity contribution is -0.135. The summed E-state index contributed by atoms with van der Waals surface area (Å²) in [4.78, 5) is 42.4. The molecule has 4 aromatic rings. The number of carbonyl (C=O) groups excluding carboxylic acids is 1. The maximum atomic E-state index is 11.8. The van der Waals surface area contributed by atoms with Gasteiger partial charge in [-0.2, -0.15) is 0 Å². The number of fused-ring (bicyclic) bond motifs is 2. The Kier molecular flexibility index (Phi) is 6.25. The van der Waals surface area contributed by atoms with Crippen molar-refractivity contribution in [1.82, 2.24) is 34.7 Å². The molecule has 2 saturated heterocycles. The average molecular weight is 509 g/mol. The van der Waals surface area contributed by atoms with E-state index in [1.807, 2.05) is 13.0 Å². The number of amides is 1. The van der Waals surface area contributed by atoms with Crippen LogP contribution in [0.5, 0.6) is 0 Å². The van der Waals surface area contributed by atoms with Crippen molar-refractivity contribution < 1.29 is 14.6 Å². The number of H-pyrrole nitrogens is 1. The number of aliphatic hydroxyl groups excluding tert-OH is 1. The number of hydrogen-bond donors (Lipinski definition) is 2. The topological polar surface area (TPSA) is 124 Å². The second-order valence-electron chi connectivity index (χ2n) is 9.13. The highest BCUT2D eigenvalue weighted by Crippen LogP contribution is 2.34. The molecule has 36 heavy (non-hydrogen) atoms. The van der Waals surface area contributed by atoms with Gasteiger partial charge in [-0.25, -0.2) is 19.9 Å². The van der Waals surface area contributed by atoms with E-state index in [9.17, 15) is 4.79 Å². The number of piperazine rings is 1. The Hall–Kier alpha value is -3.19. The molecular formula is C24H28N8O3S. The molecule has 6 heterocycles. The summed E-state index contributed by atoms with van der Waals surface area (Å²) in [5.41, 5.74) is 2.40. The number of morpholine rings is 1. The minimum absolute atomic E-state index is 0.201. The van der Waals surface area contributed by atoms with Gasteiger partial charge in [-0.3, -0.25) is 9.69 Å². The number of aromatic amines is 1. The zero-order chi connectivity index (χ0) is 24.6. The van der Waals surface area contributed by atoms with Gasteiger partial charge in [0.05, 0.1) is 24.1 Å². The molecule has 0 unspecified atom stereocenters. The minimum Gasteiger partial charge on any atom is -0.387 e. The molecule has 4 aromatic heterocycles. The van der Waals surface area contributed by atoms with Crippen LogP contribution in [0.4, 0.5) is 5.82 Å². The van der Waals surface area contributed by atoms with Crippen LogP contribution in [0.3, 0.4) is 0 Å². The molecular weight excluding hydrogens is 480 g/mol. The predicted octanol–water partition coefficient (Wildman–Crippen LogP) is 1.41. The molecule has 188 valence electrons. The number of imidazole rings is 1. The number of aliphatic hydroxyl groups is 1. The molecule has 2 N–H and O–H groups in total. The van der Waals surface area contributed by atoms with Gasteiger partial charge in [-0.05, 0) is 19.1 Å². The summed E-state index contributed by atoms with van der Waals surface area (Å²) in [5, 5.41) is 10.2. The molecule has 0 radical (unpaired) electrons. The molecule has 0 spiro atoms. The highest BCUT2D eigenvalue weighted by molar-refractivity contribution is 7.18. The first-order valence-electron chi connectivity index (χ1n) is 12.1. The van der Waals surface area contributed by atoms with Crippen LogP contribution in [-0.4, -0.2) is 105 Å². The largest absolute Gasteiger partial charge is 0.387 e. The van der Waals surface area contributed by atoms with E-state index >= 15 is 0 Å². The monoisotopic (exact) mass is 508 g/mol. The van der Waals surface area contributed by atoms with Gasteiger partial charge < -0.3 is 24.6 Å². The summed E-state index contributed by atoms with van der Waals surface area (Å²) in [6.45, 7) is 8.04. The van der Waals surface area contributed by atoms with E-state index in [2.05, 4.69) is 30.8 Å². The van der Waals surface area contributed by atoms with E-state index in [1.54, 1.807) is 22.4 Å². The first kappa shape index (κ1) is 23.2. The summed E-state index contributed by atoms with van der Waals surface area (Å²) in [6, 6.07) is 4.22. The number of hydrogen-bond acceptors (Lipinski definition) is 10. The number of pyridine rings is 1. The van der Waals surface area contributed by atoms with E-state index in [0.717, 1.165) is 65.7 Å². The lowest BCUT2D eigenvalue weighted by atomic mass is 10.2. The molecule has 2 fully saturated rings. The van der Waals surface area contributed by atoms with Crippen molar-refractivity contribution in [2.75, 3.05) is 64.0 Å². The SMILES string of the molecule is Cc1nc2ncc(-c3nc(N4CCOCC4)c4cc(CN5CCN(C(=O)CO)CC5)sc4n3)cc2[nH]1. The van der Waals surface area contributed by atoms with Gasteiger partial charge in [0.1, 0.15) is 23.1 Å². The number of thiophene rings is 1. The lowest BCUT2D eigenvalue weighted by Crippen LogP contribution is -2.49. The lowest BCUT2D eigenvalue weighted by Gasteiger charge is -2.34. The first-order chi connectivity index (χ1) is 17.6. The summed E-state index contributed by atoms with van der Waals surface area (Å²) < 4.78 is 5.58. The van der Waals surface area contributed by atoms with Crippen LogP contribution in [0.15, 0.2) is 18.3 Å². The van der Waals surface area contributed by atoms with E-state index in [-0.39, 0.29) is 5.91 Å². The van der Waals surface area contributed by atoms with Crippen LogP contribution in [-0.2, 0) is 16.1 Å². The standard InChI is InChI=1S/C24H28N8O3S/c1-15-26-19-10-16(12-25-22(19)27-15)21-28-23(32-6-8-35-9-7-32)18-11-17(36-24(18)29-21)13-30-2-4-31(5-3-30)20(34)14-33/h10-12,33H,2-9,13-14H2,1H3,(H,25,26,27). The minimum atomic E-state index is -0.427. The number of aromatic nitrogens is 5. The third kappa shape index (κ3) is 4.52. The number of nitrogens with zero attached hydrogens (tertiary/aromatic N) is 7. The van der Waals surface area contributed by atoms with Gasteiger partial charge in [0.15, 0.2) is 11.5 Å². The molecule has 0 bridgehead atoms. The molecule has 1 amide bonds. The van der Waals surface area contributed by atoms with Crippen LogP contribution in [0.2, 0.25) is 0 Å². The second kappa shape index (κ2) is 9.69. The normalized spacial score (nSPS) is 17.4. The fourth-order valence-corrected chi connectivity index (χ4v) is 5.86. The molecule has 2 aliphatic heterocycles. The Morgan fingerprint density at radius 1 is 1.11 bits per heavy atom. The van der Waals surface area contributed by atoms with Gasteiger partial charge in [0, 0.05) is 62.5 Å². The van der Waals surface area contributed by atoms with Crippen molar-refractivity contribution in [2.45, 2.75) is 13.5 Å². The Balaban J connectivity index is 1.32. The summed E-state index contributed by atoms with van der Waals surface area (Å²) in [7, 11) is 0. The van der Waals surface area contributed by atoms with Gasteiger partial charge in [-0.1, -0.05) is 0 Å². The van der Waals surface area contributed by atoms with E-state index < -0.39 is 6.61 Å². The van der Waals surface area contributed by atoms with Crippen molar-refractivity contribution >= 4 is 44.4 Å². The van der Waals surface area contributed by atoms with Crippen molar-refractivity contribution in [3.05, 3.63) is 29.0 Å². The van der Waals surface area contributed by atoms with E-state index in [1.165, 1.54) is 4.88 Å². The second-order valence-corrected chi connectivity index (χ2v) is 10.2. The summed E-state index contributed by atoms with van der Waals surface area (Å²) in [5.74, 6) is 2.20. The quantitative estimate of drug-likeness (QED) is 0.412. The van der Waals surface area contributed by atoms with Crippen LogP contribution in [0.25, 0.3) is 32.8 Å². The van der Waals surface area contributed by atoms with Crippen LogP contribution in [0, 0.1) is 6.92 Å². The van der Waals surface area contributed by atoms with Crippen molar-refractivity contribution in [3.8, 4) is 11.4 Å². The Labute approximate surface area is 211 Å². The molecule has 12 heteroatoms. The van der Waals surface area contributed by atoms with Gasteiger partial charge in [0.25, 0.3) is 0 Å². The van der Waals surface area contributed by atoms with Gasteiger partial charge in [0.2, 0.25) is 5.91 Å². The summed E-state index contributed by atoms with van der Waals surface area (Å²) in [6.07, 6.45) is 1.79. The zero-order valence-corrected chi connectivity index (χ0v) is 20.9. The van der Waals surface area contributed by atoms with Gasteiger partial charge in [-0.15, -0.1) is 11.3 Å². The predicted molar refractivity (Wildman–Crippen MR) is 137 cm³/mol. The number of aryl methyl sites for hydroxylation is 1. The zero-order valence-electron chi connectivity index (χ0n) is 20.1. The molecule has 0 aromatic carbocycles. The van der Waals surface area contributed by atoms with Crippen molar-refractivity contribution in [1.29, 1.82) is 0 Å². The van der Waals surface area contributed by atoms with E-state index in [0.29, 0.717) is 37.8 Å². The highest BCUT2D eigenvalue weighted by Gasteiger charge is 2.23. The number of ether oxygens (including phenoxy) is 1. The number of carbonyl (C=O) groups is 1. The maximum absolute atomic E-state index is 11.8. The molecule has 6 rings (SSSR count). The van der Waals surface area contributed by atoms with Crippen molar-refractivity contribution in [3.63, 3.8) is 0 Å². The third-order valence-electron chi connectivity index (χ3n) is 6.69. The van der Waals surface area contributed by atoms with Gasteiger partial charge >= 0.3 is 0 Å². The number of anilines is 1. The molecule has 0 atom stereocenters. The third-order valence-corrected chi connectivity index (χ3v) is 7.70. The Morgan fingerprint density at radius 3 is 2.69 bits per heavy atom. The van der Waals surface area contributed by atoms with Crippen LogP contribution in [0.1, 0.15) is 10.7 Å². The fourth-order valence-electron chi connectivity index (χ4n) is 4.80. The molecule has 0 saturated carbocycles. The Bertz CT molecular complexity index is 1410. The highest BCUT2D eigenvalue weighted by atomic mass is 32.1. The molecule has 0 aliphatic carbocycles. The molecule has 11 nitrogen and oxygen atoms in total. The Morgan fingerprint density at radius 2 is 1.92 bits per heavy atom. The maximum Gasteiger partial charge on any atom is 0.248 e. The molecule has 2 aliphatic rings. The smallest absolute Gasteiger partial charge is 0.248 e. The van der Waals surface area contributed by atoms with E-state index in [4.69, 9.17) is 19.8 Å². The van der Waals surface area contributed by atoms with Crippen LogP contribution < -0.4 is 4.90 Å². The van der Waals surface area contributed by atoms with Crippen LogP contribution >= 0.6 is 11.3 Å². The first-order valence-corrected chi connectivity index (χ1v) is 13.0.